The minimum Gasteiger partial charge on any atom is -0.455 e. The standard InChI is InChI=1S/C41H29NO/c1-41(2,3)28-20-25-15-17-30-34(27-19-24-9-4-6-13-36(24)42-23-27)22-35(31-18-16-26(21-28)38(25)39(30)31)33-12-8-11-32-29-10-5-7-14-37(29)43-40(32)33/h4-23H,1-3H3. The predicted octanol–water partition coefficient (Wildman–Crippen LogP) is 11.7. The predicted molar refractivity (Wildman–Crippen MR) is 182 cm³/mol. The molecule has 7 aromatic carbocycles. The fourth-order valence-electron chi connectivity index (χ4n) is 6.99. The summed E-state index contributed by atoms with van der Waals surface area (Å²) in [5.41, 5.74) is 8.84. The minimum absolute atomic E-state index is 0.0640. The molecule has 0 unspecified atom stereocenters. The number of furan rings is 1. The average molecular weight is 552 g/mol. The highest BCUT2D eigenvalue weighted by Gasteiger charge is 2.22. The maximum absolute atomic E-state index is 6.57. The van der Waals surface area contributed by atoms with E-state index in [1.54, 1.807) is 0 Å². The van der Waals surface area contributed by atoms with E-state index in [-0.39, 0.29) is 5.41 Å². The maximum Gasteiger partial charge on any atom is 0.143 e. The van der Waals surface area contributed by atoms with Crippen molar-refractivity contribution in [3.63, 3.8) is 0 Å². The van der Waals surface area contributed by atoms with Crippen LogP contribution in [0.25, 0.3) is 87.4 Å². The molecule has 204 valence electrons. The lowest BCUT2D eigenvalue weighted by Crippen LogP contribution is -2.10. The van der Waals surface area contributed by atoms with Gasteiger partial charge >= 0.3 is 0 Å². The molecule has 43 heavy (non-hydrogen) atoms. The van der Waals surface area contributed by atoms with Gasteiger partial charge in [0.2, 0.25) is 0 Å². The number of hydrogen-bond donors (Lipinski definition) is 0. The SMILES string of the molecule is CC(C)(C)c1cc2ccc3c(-c4cnc5ccccc5c4)cc(-c4cccc5c4oc4ccccc45)c4ccc(c1)c2c34. The number of nitrogens with zero attached hydrogens (tertiary/aromatic N) is 1. The number of aromatic nitrogens is 1. The first-order valence-corrected chi connectivity index (χ1v) is 15.0. The molecule has 2 nitrogen and oxygen atoms in total. The number of hydrogen-bond acceptors (Lipinski definition) is 2. The van der Waals surface area contributed by atoms with Crippen molar-refractivity contribution in [3.8, 4) is 22.3 Å². The number of rotatable bonds is 2. The van der Waals surface area contributed by atoms with Crippen LogP contribution in [0.15, 0.2) is 126 Å². The Bertz CT molecular complexity index is 2530. The number of para-hydroxylation sites is 3. The molecule has 0 saturated carbocycles. The zero-order chi connectivity index (χ0) is 28.9. The Morgan fingerprint density at radius 1 is 0.535 bits per heavy atom. The molecule has 0 N–H and O–H groups in total. The van der Waals surface area contributed by atoms with Gasteiger partial charge in [0.15, 0.2) is 0 Å². The van der Waals surface area contributed by atoms with Crippen LogP contribution in [0.3, 0.4) is 0 Å². The third-order valence-corrected chi connectivity index (χ3v) is 9.18. The lowest BCUT2D eigenvalue weighted by Gasteiger charge is -2.23. The van der Waals surface area contributed by atoms with Crippen molar-refractivity contribution in [1.29, 1.82) is 0 Å². The largest absolute Gasteiger partial charge is 0.455 e. The second-order valence-corrected chi connectivity index (χ2v) is 12.8. The number of benzene rings is 7. The van der Waals surface area contributed by atoms with Gasteiger partial charge in [-0.3, -0.25) is 4.98 Å². The smallest absolute Gasteiger partial charge is 0.143 e. The van der Waals surface area contributed by atoms with E-state index < -0.39 is 0 Å². The molecule has 0 saturated heterocycles. The second kappa shape index (κ2) is 8.65. The summed E-state index contributed by atoms with van der Waals surface area (Å²) in [6.45, 7) is 6.87. The van der Waals surface area contributed by atoms with Crippen LogP contribution in [-0.4, -0.2) is 4.98 Å². The van der Waals surface area contributed by atoms with E-state index in [4.69, 9.17) is 9.40 Å². The van der Waals surface area contributed by atoms with Crippen LogP contribution >= 0.6 is 0 Å². The van der Waals surface area contributed by atoms with Gasteiger partial charge in [-0.15, -0.1) is 0 Å². The van der Waals surface area contributed by atoms with E-state index in [1.807, 2.05) is 18.3 Å². The number of fused-ring (bicyclic) bond motifs is 4. The van der Waals surface area contributed by atoms with Gasteiger partial charge in [0.1, 0.15) is 11.2 Å². The summed E-state index contributed by atoms with van der Waals surface area (Å²) in [5.74, 6) is 0. The lowest BCUT2D eigenvalue weighted by molar-refractivity contribution is 0.591. The topological polar surface area (TPSA) is 26.0 Å². The third-order valence-electron chi connectivity index (χ3n) is 9.18. The van der Waals surface area contributed by atoms with Crippen LogP contribution in [0.5, 0.6) is 0 Å². The van der Waals surface area contributed by atoms with E-state index in [0.29, 0.717) is 0 Å². The summed E-state index contributed by atoms with van der Waals surface area (Å²) < 4.78 is 6.57. The molecule has 0 spiro atoms. The van der Waals surface area contributed by atoms with Crippen LogP contribution in [0.2, 0.25) is 0 Å². The molecule has 2 heterocycles. The van der Waals surface area contributed by atoms with Crippen molar-refractivity contribution in [2.24, 2.45) is 0 Å². The van der Waals surface area contributed by atoms with Crippen LogP contribution < -0.4 is 0 Å². The molecule has 9 aromatic rings. The summed E-state index contributed by atoms with van der Waals surface area (Å²) >= 11 is 0. The fourth-order valence-corrected chi connectivity index (χ4v) is 6.99. The molecule has 0 radical (unpaired) electrons. The van der Waals surface area contributed by atoms with Gasteiger partial charge in [-0.05, 0) is 78.7 Å². The minimum atomic E-state index is 0.0640. The summed E-state index contributed by atoms with van der Waals surface area (Å²) in [5, 5.41) is 11.1. The van der Waals surface area contributed by atoms with Gasteiger partial charge in [0.05, 0.1) is 5.52 Å². The van der Waals surface area contributed by atoms with E-state index >= 15 is 0 Å². The molecule has 9 rings (SSSR count). The normalized spacial score (nSPS) is 12.5. The maximum atomic E-state index is 6.57. The second-order valence-electron chi connectivity index (χ2n) is 12.8. The molecule has 0 bridgehead atoms. The van der Waals surface area contributed by atoms with Crippen molar-refractivity contribution < 1.29 is 4.42 Å². The Kier molecular flexibility index (Phi) is 4.91. The molecule has 2 heteroatoms. The highest BCUT2D eigenvalue weighted by molar-refractivity contribution is 6.29. The van der Waals surface area contributed by atoms with Crippen molar-refractivity contribution in [2.75, 3.05) is 0 Å². The Morgan fingerprint density at radius 3 is 2.07 bits per heavy atom. The van der Waals surface area contributed by atoms with E-state index in [0.717, 1.165) is 44.0 Å². The van der Waals surface area contributed by atoms with E-state index in [1.165, 1.54) is 49.0 Å². The summed E-state index contributed by atoms with van der Waals surface area (Å²) in [6, 6.07) is 41.8. The van der Waals surface area contributed by atoms with Gasteiger partial charge in [0, 0.05) is 33.5 Å². The zero-order valence-corrected chi connectivity index (χ0v) is 24.4. The Morgan fingerprint density at radius 2 is 1.26 bits per heavy atom. The van der Waals surface area contributed by atoms with E-state index in [9.17, 15) is 0 Å². The molecule has 2 aromatic heterocycles. The van der Waals surface area contributed by atoms with Crippen LogP contribution in [-0.2, 0) is 5.41 Å². The quantitative estimate of drug-likeness (QED) is 0.200. The molecular weight excluding hydrogens is 522 g/mol. The highest BCUT2D eigenvalue weighted by Crippen LogP contribution is 2.47. The number of pyridine rings is 1. The molecule has 0 aliphatic heterocycles. The summed E-state index contributed by atoms with van der Waals surface area (Å²) in [4.78, 5) is 4.87. The van der Waals surface area contributed by atoms with Gasteiger partial charge in [-0.2, -0.15) is 0 Å². The van der Waals surface area contributed by atoms with Crippen molar-refractivity contribution in [2.45, 2.75) is 26.2 Å². The van der Waals surface area contributed by atoms with Crippen molar-refractivity contribution in [3.05, 3.63) is 127 Å². The fraction of sp³-hybridized carbons (Fsp3) is 0.0976. The highest BCUT2D eigenvalue weighted by atomic mass is 16.3. The molecule has 0 aliphatic carbocycles. The first-order valence-electron chi connectivity index (χ1n) is 15.0. The lowest BCUT2D eigenvalue weighted by atomic mass is 9.81. The van der Waals surface area contributed by atoms with Crippen molar-refractivity contribution >= 4 is 65.2 Å². The third kappa shape index (κ3) is 3.56. The summed E-state index contributed by atoms with van der Waals surface area (Å²) in [6.07, 6.45) is 2.03. The van der Waals surface area contributed by atoms with Gasteiger partial charge in [-0.25, -0.2) is 0 Å². The molecule has 0 aliphatic rings. The van der Waals surface area contributed by atoms with Gasteiger partial charge in [0.25, 0.3) is 0 Å². The molecule has 0 fully saturated rings. The van der Waals surface area contributed by atoms with Crippen LogP contribution in [0.1, 0.15) is 26.3 Å². The zero-order valence-electron chi connectivity index (χ0n) is 24.4. The van der Waals surface area contributed by atoms with Gasteiger partial charge < -0.3 is 4.42 Å². The molecular formula is C41H29NO. The summed E-state index contributed by atoms with van der Waals surface area (Å²) in [7, 11) is 0. The van der Waals surface area contributed by atoms with Crippen LogP contribution in [0, 0.1) is 0 Å². The Balaban J connectivity index is 1.44. The first-order chi connectivity index (χ1) is 20.9. The van der Waals surface area contributed by atoms with Crippen LogP contribution in [0.4, 0.5) is 0 Å². The molecule has 0 amide bonds. The first kappa shape index (κ1) is 24.4. The van der Waals surface area contributed by atoms with E-state index in [2.05, 4.69) is 124 Å². The Labute approximate surface area is 249 Å². The van der Waals surface area contributed by atoms with Gasteiger partial charge in [-0.1, -0.05) is 112 Å². The average Bonchev–Trinajstić information content (AvgIpc) is 3.41. The molecule has 0 atom stereocenters. The van der Waals surface area contributed by atoms with Crippen molar-refractivity contribution in [1.82, 2.24) is 4.98 Å². The Hall–Kier alpha value is -5.21. The monoisotopic (exact) mass is 551 g/mol.